The van der Waals surface area contributed by atoms with Crippen LogP contribution in [-0.2, 0) is 13.5 Å². The first-order valence-corrected chi connectivity index (χ1v) is 8.02. The van der Waals surface area contributed by atoms with Crippen LogP contribution in [0.4, 0.5) is 0 Å². The Labute approximate surface area is 113 Å². The van der Waals surface area contributed by atoms with Gasteiger partial charge in [0.15, 0.2) is 0 Å². The zero-order valence-electron chi connectivity index (χ0n) is 11.2. The minimum Gasteiger partial charge on any atom is -0.396 e. The Bertz CT molecular complexity index is 374. The molecule has 2 unspecified atom stereocenters. The Kier molecular flexibility index (Phi) is 5.09. The Morgan fingerprint density at radius 2 is 2.50 bits per heavy atom. The van der Waals surface area contributed by atoms with E-state index in [0.29, 0.717) is 12.1 Å². The maximum Gasteiger partial charge on any atom is 0.0540 e. The first-order valence-electron chi connectivity index (χ1n) is 6.63. The van der Waals surface area contributed by atoms with Crippen molar-refractivity contribution in [3.05, 3.63) is 17.5 Å². The fourth-order valence-corrected chi connectivity index (χ4v) is 3.40. The molecule has 0 fully saturated rings. The summed E-state index contributed by atoms with van der Waals surface area (Å²) in [7, 11) is 2.02. The van der Waals surface area contributed by atoms with Gasteiger partial charge in [0, 0.05) is 42.7 Å². The van der Waals surface area contributed by atoms with E-state index in [0.717, 1.165) is 18.6 Å². The third-order valence-electron chi connectivity index (χ3n) is 3.66. The SMILES string of the molecule is CSCC(CCO)NC1CCCc2c1cnn2C. The minimum absolute atomic E-state index is 0.255. The second-order valence-corrected chi connectivity index (χ2v) is 5.86. The van der Waals surface area contributed by atoms with Crippen molar-refractivity contribution in [1.82, 2.24) is 15.1 Å². The summed E-state index contributed by atoms with van der Waals surface area (Å²) in [5, 5.41) is 17.2. The summed E-state index contributed by atoms with van der Waals surface area (Å²) in [6.45, 7) is 0.255. The van der Waals surface area contributed by atoms with E-state index in [-0.39, 0.29) is 6.61 Å². The second kappa shape index (κ2) is 6.59. The normalized spacial score (nSPS) is 20.7. The number of thioether (sulfide) groups is 1. The summed E-state index contributed by atoms with van der Waals surface area (Å²) in [6, 6.07) is 0.798. The van der Waals surface area contributed by atoms with E-state index < -0.39 is 0 Å². The molecule has 0 saturated carbocycles. The number of hydrogen-bond donors (Lipinski definition) is 2. The quantitative estimate of drug-likeness (QED) is 0.822. The highest BCUT2D eigenvalue weighted by molar-refractivity contribution is 7.98. The molecule has 2 rings (SSSR count). The van der Waals surface area contributed by atoms with Crippen molar-refractivity contribution in [2.24, 2.45) is 7.05 Å². The molecule has 0 aliphatic heterocycles. The van der Waals surface area contributed by atoms with Gasteiger partial charge in [-0.1, -0.05) is 0 Å². The molecule has 18 heavy (non-hydrogen) atoms. The van der Waals surface area contributed by atoms with Crippen LogP contribution in [0, 0.1) is 0 Å². The van der Waals surface area contributed by atoms with Crippen LogP contribution in [0.1, 0.15) is 36.6 Å². The molecule has 1 aromatic heterocycles. The van der Waals surface area contributed by atoms with Gasteiger partial charge in [-0.15, -0.1) is 0 Å². The summed E-state index contributed by atoms with van der Waals surface area (Å²) in [4.78, 5) is 0. The van der Waals surface area contributed by atoms with Crippen LogP contribution >= 0.6 is 11.8 Å². The van der Waals surface area contributed by atoms with Crippen molar-refractivity contribution in [2.45, 2.75) is 37.8 Å². The standard InChI is InChI=1S/C13H23N3OS/c1-16-13-5-3-4-12(11(13)8-14-16)15-10(6-7-17)9-18-2/h8,10,12,15,17H,3-7,9H2,1-2H3. The third kappa shape index (κ3) is 3.08. The molecule has 1 heterocycles. The van der Waals surface area contributed by atoms with E-state index in [1.807, 2.05) is 29.7 Å². The molecule has 0 spiro atoms. The lowest BCUT2D eigenvalue weighted by Gasteiger charge is -2.28. The van der Waals surface area contributed by atoms with Crippen LogP contribution in [0.5, 0.6) is 0 Å². The number of nitrogens with one attached hydrogen (secondary N) is 1. The molecular formula is C13H23N3OS. The Morgan fingerprint density at radius 1 is 1.67 bits per heavy atom. The second-order valence-electron chi connectivity index (χ2n) is 4.95. The minimum atomic E-state index is 0.255. The summed E-state index contributed by atoms with van der Waals surface area (Å²) in [5.41, 5.74) is 2.72. The molecule has 0 aromatic carbocycles. The molecular weight excluding hydrogens is 246 g/mol. The van der Waals surface area contributed by atoms with Crippen LogP contribution in [0.25, 0.3) is 0 Å². The number of aliphatic hydroxyl groups excluding tert-OH is 1. The predicted octanol–water partition coefficient (Wildman–Crippen LogP) is 1.50. The molecule has 5 heteroatoms. The number of aromatic nitrogens is 2. The molecule has 0 amide bonds. The molecule has 2 atom stereocenters. The summed E-state index contributed by atoms with van der Waals surface area (Å²) in [6.07, 6.45) is 8.47. The van der Waals surface area contributed by atoms with Gasteiger partial charge in [0.1, 0.15) is 0 Å². The summed E-state index contributed by atoms with van der Waals surface area (Å²) >= 11 is 1.83. The van der Waals surface area contributed by atoms with Crippen LogP contribution < -0.4 is 5.32 Å². The van der Waals surface area contributed by atoms with Gasteiger partial charge >= 0.3 is 0 Å². The zero-order valence-corrected chi connectivity index (χ0v) is 12.0. The molecule has 2 N–H and O–H groups in total. The smallest absolute Gasteiger partial charge is 0.0540 e. The highest BCUT2D eigenvalue weighted by Gasteiger charge is 2.25. The van der Waals surface area contributed by atoms with Gasteiger partial charge in [-0.2, -0.15) is 16.9 Å². The fourth-order valence-electron chi connectivity index (χ4n) is 2.74. The van der Waals surface area contributed by atoms with Crippen LogP contribution in [-0.4, -0.2) is 39.5 Å². The topological polar surface area (TPSA) is 50.1 Å². The molecule has 102 valence electrons. The fraction of sp³-hybridized carbons (Fsp3) is 0.769. The first kappa shape index (κ1) is 13.9. The van der Waals surface area contributed by atoms with Gasteiger partial charge in [-0.3, -0.25) is 4.68 Å². The number of nitrogens with zero attached hydrogens (tertiary/aromatic N) is 2. The van der Waals surface area contributed by atoms with Crippen LogP contribution in [0.2, 0.25) is 0 Å². The van der Waals surface area contributed by atoms with Crippen molar-refractivity contribution < 1.29 is 5.11 Å². The lowest BCUT2D eigenvalue weighted by molar-refractivity contribution is 0.261. The predicted molar refractivity (Wildman–Crippen MR) is 75.9 cm³/mol. The number of aryl methyl sites for hydroxylation is 1. The Hall–Kier alpha value is -0.520. The van der Waals surface area contributed by atoms with E-state index in [2.05, 4.69) is 16.7 Å². The Balaban J connectivity index is 2.05. The van der Waals surface area contributed by atoms with Crippen molar-refractivity contribution in [3.8, 4) is 0 Å². The van der Waals surface area contributed by atoms with Crippen molar-refractivity contribution in [1.29, 1.82) is 0 Å². The number of hydrogen-bond acceptors (Lipinski definition) is 4. The highest BCUT2D eigenvalue weighted by Crippen LogP contribution is 2.29. The molecule has 1 aromatic rings. The van der Waals surface area contributed by atoms with E-state index in [9.17, 15) is 0 Å². The third-order valence-corrected chi connectivity index (χ3v) is 4.39. The van der Waals surface area contributed by atoms with Gasteiger partial charge in [-0.25, -0.2) is 0 Å². The molecule has 1 aliphatic rings. The van der Waals surface area contributed by atoms with E-state index in [1.165, 1.54) is 24.1 Å². The highest BCUT2D eigenvalue weighted by atomic mass is 32.2. The maximum atomic E-state index is 9.13. The van der Waals surface area contributed by atoms with Gasteiger partial charge < -0.3 is 10.4 Å². The lowest BCUT2D eigenvalue weighted by Crippen LogP contribution is -2.37. The number of aliphatic hydroxyl groups is 1. The van der Waals surface area contributed by atoms with E-state index >= 15 is 0 Å². The number of rotatable bonds is 6. The van der Waals surface area contributed by atoms with E-state index in [1.54, 1.807) is 0 Å². The van der Waals surface area contributed by atoms with Crippen LogP contribution in [0.3, 0.4) is 0 Å². The Morgan fingerprint density at radius 3 is 3.22 bits per heavy atom. The first-order chi connectivity index (χ1) is 8.76. The number of fused-ring (bicyclic) bond motifs is 1. The summed E-state index contributed by atoms with van der Waals surface area (Å²) in [5.74, 6) is 1.05. The van der Waals surface area contributed by atoms with Crippen LogP contribution in [0.15, 0.2) is 6.20 Å². The van der Waals surface area contributed by atoms with Crippen molar-refractivity contribution in [2.75, 3.05) is 18.6 Å². The maximum absolute atomic E-state index is 9.13. The molecule has 0 bridgehead atoms. The average Bonchev–Trinajstić information content (AvgIpc) is 2.73. The van der Waals surface area contributed by atoms with Gasteiger partial charge in [0.05, 0.1) is 6.20 Å². The van der Waals surface area contributed by atoms with Gasteiger partial charge in [0.25, 0.3) is 0 Å². The van der Waals surface area contributed by atoms with Gasteiger partial charge in [-0.05, 0) is 31.9 Å². The zero-order chi connectivity index (χ0) is 13.0. The molecule has 0 saturated heterocycles. The van der Waals surface area contributed by atoms with Crippen molar-refractivity contribution in [3.63, 3.8) is 0 Å². The lowest BCUT2D eigenvalue weighted by atomic mass is 9.92. The monoisotopic (exact) mass is 269 g/mol. The van der Waals surface area contributed by atoms with E-state index in [4.69, 9.17) is 5.11 Å². The largest absolute Gasteiger partial charge is 0.396 e. The average molecular weight is 269 g/mol. The summed E-state index contributed by atoms with van der Waals surface area (Å²) < 4.78 is 2.00. The molecule has 4 nitrogen and oxygen atoms in total. The van der Waals surface area contributed by atoms with Crippen molar-refractivity contribution >= 4 is 11.8 Å². The van der Waals surface area contributed by atoms with Gasteiger partial charge in [0.2, 0.25) is 0 Å². The molecule has 0 radical (unpaired) electrons. The molecule has 1 aliphatic carbocycles.